The van der Waals surface area contributed by atoms with Gasteiger partial charge in [-0.3, -0.25) is 4.79 Å². The predicted octanol–water partition coefficient (Wildman–Crippen LogP) is 2.40. The summed E-state index contributed by atoms with van der Waals surface area (Å²) in [4.78, 5) is 10.1. The van der Waals surface area contributed by atoms with Crippen LogP contribution in [-0.4, -0.2) is 5.78 Å². The largest absolute Gasteiger partial charge is 0.295 e. The van der Waals surface area contributed by atoms with Gasteiger partial charge in [0.15, 0.2) is 5.78 Å². The minimum absolute atomic E-state index is 0.245. The zero-order valence-electron chi connectivity index (χ0n) is 6.11. The van der Waals surface area contributed by atoms with E-state index in [1.807, 2.05) is 0 Å². The van der Waals surface area contributed by atoms with Crippen molar-refractivity contribution in [2.45, 2.75) is 19.8 Å². The summed E-state index contributed by atoms with van der Waals surface area (Å²) in [5, 5.41) is 0. The third-order valence-electron chi connectivity index (χ3n) is 1.05. The molecule has 0 atom stereocenters. The molecule has 0 amide bonds. The first-order chi connectivity index (χ1) is 4.54. The molecule has 1 rings (SSSR count). The van der Waals surface area contributed by atoms with Crippen molar-refractivity contribution in [1.29, 1.82) is 0 Å². The van der Waals surface area contributed by atoms with Crippen LogP contribution in [0.2, 0.25) is 0 Å². The summed E-state index contributed by atoms with van der Waals surface area (Å²) in [7, 11) is 0. The standard InChI is InChI=1S/C5H6O.C3H5F/c1-4-2-3-5(4)6;1-3(2)4/h1-3H2;1H2,2H3. The quantitative estimate of drug-likeness (QED) is 0.474. The molecule has 1 nitrogen and oxygen atoms in total. The van der Waals surface area contributed by atoms with E-state index in [0.717, 1.165) is 18.4 Å². The van der Waals surface area contributed by atoms with Gasteiger partial charge >= 0.3 is 0 Å². The van der Waals surface area contributed by atoms with Crippen LogP contribution in [0.4, 0.5) is 4.39 Å². The van der Waals surface area contributed by atoms with Crippen molar-refractivity contribution in [3.8, 4) is 0 Å². The molecule has 0 radical (unpaired) electrons. The lowest BCUT2D eigenvalue weighted by molar-refractivity contribution is -0.118. The van der Waals surface area contributed by atoms with Crippen molar-refractivity contribution in [2.75, 3.05) is 0 Å². The molecule has 0 spiro atoms. The second-order valence-electron chi connectivity index (χ2n) is 2.20. The Hall–Kier alpha value is -0.920. The van der Waals surface area contributed by atoms with Gasteiger partial charge in [0.2, 0.25) is 0 Å². The van der Waals surface area contributed by atoms with Crippen LogP contribution in [0.25, 0.3) is 0 Å². The second kappa shape index (κ2) is 3.99. The summed E-state index contributed by atoms with van der Waals surface area (Å²) in [6.45, 7) is 7.69. The monoisotopic (exact) mass is 142 g/mol. The molecule has 10 heavy (non-hydrogen) atoms. The van der Waals surface area contributed by atoms with Crippen LogP contribution in [0.1, 0.15) is 19.8 Å². The van der Waals surface area contributed by atoms with Gasteiger partial charge in [0.25, 0.3) is 0 Å². The molecule has 0 heterocycles. The normalized spacial score (nSPS) is 15.0. The lowest BCUT2D eigenvalue weighted by Gasteiger charge is -2.10. The molecule has 2 heteroatoms. The first-order valence-electron chi connectivity index (χ1n) is 3.06. The van der Waals surface area contributed by atoms with E-state index < -0.39 is 0 Å². The lowest BCUT2D eigenvalue weighted by atomic mass is 9.93. The Bertz CT molecular complexity index is 152. The molecular formula is C8H11FO. The van der Waals surface area contributed by atoms with Gasteiger partial charge in [-0.15, -0.1) is 0 Å². The Kier molecular flexibility index (Phi) is 3.62. The van der Waals surface area contributed by atoms with E-state index in [4.69, 9.17) is 0 Å². The number of ketones is 1. The van der Waals surface area contributed by atoms with Crippen molar-refractivity contribution < 1.29 is 9.18 Å². The summed E-state index contributed by atoms with van der Waals surface area (Å²) in [5.74, 6) is -0.0880. The molecule has 0 N–H and O–H groups in total. The Morgan fingerprint density at radius 1 is 1.60 bits per heavy atom. The van der Waals surface area contributed by atoms with Crippen LogP contribution < -0.4 is 0 Å². The topological polar surface area (TPSA) is 17.1 Å². The van der Waals surface area contributed by atoms with E-state index in [0.29, 0.717) is 0 Å². The summed E-state index contributed by atoms with van der Waals surface area (Å²) >= 11 is 0. The highest BCUT2D eigenvalue weighted by Gasteiger charge is 2.16. The fourth-order valence-corrected chi connectivity index (χ4v) is 0.404. The highest BCUT2D eigenvalue weighted by atomic mass is 19.1. The molecule has 1 fully saturated rings. The van der Waals surface area contributed by atoms with E-state index in [-0.39, 0.29) is 11.6 Å². The van der Waals surface area contributed by atoms with Gasteiger partial charge in [-0.1, -0.05) is 13.2 Å². The summed E-state index contributed by atoms with van der Waals surface area (Å²) in [6, 6.07) is 0. The smallest absolute Gasteiger partial charge is 0.158 e. The summed E-state index contributed by atoms with van der Waals surface area (Å²) in [6.07, 6.45) is 1.66. The van der Waals surface area contributed by atoms with Gasteiger partial charge in [-0.25, -0.2) is 4.39 Å². The van der Waals surface area contributed by atoms with Crippen molar-refractivity contribution in [1.82, 2.24) is 0 Å². The molecule has 0 saturated heterocycles. The number of carbonyl (C=O) groups excluding carboxylic acids is 1. The summed E-state index contributed by atoms with van der Waals surface area (Å²) in [5.41, 5.74) is 0.801. The molecule has 1 aliphatic carbocycles. The highest BCUT2D eigenvalue weighted by Crippen LogP contribution is 2.17. The number of carbonyl (C=O) groups is 1. The average Bonchev–Trinajstić information content (AvgIpc) is 1.83. The average molecular weight is 142 g/mol. The van der Waals surface area contributed by atoms with Crippen molar-refractivity contribution >= 4 is 5.78 Å². The molecule has 1 saturated carbocycles. The fraction of sp³-hybridized carbons (Fsp3) is 0.375. The van der Waals surface area contributed by atoms with Crippen LogP contribution in [0.5, 0.6) is 0 Å². The van der Waals surface area contributed by atoms with Gasteiger partial charge in [-0.05, 0) is 18.9 Å². The number of rotatable bonds is 0. The highest BCUT2D eigenvalue weighted by molar-refractivity contribution is 6.00. The fourth-order valence-electron chi connectivity index (χ4n) is 0.404. The Labute approximate surface area is 60.2 Å². The van der Waals surface area contributed by atoms with Gasteiger partial charge in [0.05, 0.1) is 5.83 Å². The molecule has 0 aromatic carbocycles. The number of Topliss-reactive ketones (excluding diaryl/α,β-unsaturated/α-hetero) is 1. The molecule has 1 aliphatic rings. The van der Waals surface area contributed by atoms with E-state index in [2.05, 4.69) is 13.2 Å². The van der Waals surface area contributed by atoms with Crippen LogP contribution in [0.3, 0.4) is 0 Å². The first kappa shape index (κ1) is 9.08. The maximum absolute atomic E-state index is 10.8. The molecule has 56 valence electrons. The van der Waals surface area contributed by atoms with E-state index in [1.165, 1.54) is 6.92 Å². The van der Waals surface area contributed by atoms with Gasteiger partial charge in [0, 0.05) is 6.42 Å². The SMILES string of the molecule is C=C(C)F.C=C1CCC1=O. The molecule has 0 aliphatic heterocycles. The molecule has 0 aromatic rings. The van der Waals surface area contributed by atoms with E-state index in [9.17, 15) is 9.18 Å². The van der Waals surface area contributed by atoms with Crippen LogP contribution >= 0.6 is 0 Å². The minimum Gasteiger partial charge on any atom is -0.295 e. The lowest BCUT2D eigenvalue weighted by Crippen LogP contribution is -2.11. The second-order valence-corrected chi connectivity index (χ2v) is 2.20. The van der Waals surface area contributed by atoms with Crippen LogP contribution in [0.15, 0.2) is 24.6 Å². The van der Waals surface area contributed by atoms with Gasteiger partial charge in [0.1, 0.15) is 0 Å². The molecule has 0 aromatic heterocycles. The number of allylic oxidation sites excluding steroid dienone is 2. The number of hydrogen-bond donors (Lipinski definition) is 0. The third kappa shape index (κ3) is 4.01. The van der Waals surface area contributed by atoms with Crippen LogP contribution in [0, 0.1) is 0 Å². The molecular weight excluding hydrogens is 131 g/mol. The van der Waals surface area contributed by atoms with E-state index in [1.54, 1.807) is 0 Å². The Balaban J connectivity index is 0.000000180. The van der Waals surface area contributed by atoms with Crippen molar-refractivity contribution in [3.63, 3.8) is 0 Å². The minimum atomic E-state index is -0.333. The van der Waals surface area contributed by atoms with Gasteiger partial charge in [-0.2, -0.15) is 0 Å². The predicted molar refractivity (Wildman–Crippen MR) is 39.3 cm³/mol. The van der Waals surface area contributed by atoms with Crippen molar-refractivity contribution in [3.05, 3.63) is 24.6 Å². The zero-order chi connectivity index (χ0) is 8.15. The Morgan fingerprint density at radius 2 is 1.90 bits per heavy atom. The van der Waals surface area contributed by atoms with E-state index >= 15 is 0 Å². The summed E-state index contributed by atoms with van der Waals surface area (Å²) < 4.78 is 10.8. The Morgan fingerprint density at radius 3 is 1.90 bits per heavy atom. The molecule has 0 unspecified atom stereocenters. The number of hydrogen-bond acceptors (Lipinski definition) is 1. The first-order valence-corrected chi connectivity index (χ1v) is 3.06. The zero-order valence-corrected chi connectivity index (χ0v) is 6.11. The van der Waals surface area contributed by atoms with Crippen LogP contribution in [-0.2, 0) is 4.79 Å². The third-order valence-corrected chi connectivity index (χ3v) is 1.05. The maximum atomic E-state index is 10.8. The maximum Gasteiger partial charge on any atom is 0.158 e. The number of halogens is 1. The van der Waals surface area contributed by atoms with Crippen molar-refractivity contribution in [2.24, 2.45) is 0 Å². The van der Waals surface area contributed by atoms with Gasteiger partial charge < -0.3 is 0 Å². The molecule has 0 bridgehead atoms.